The van der Waals surface area contributed by atoms with Gasteiger partial charge in [0.25, 0.3) is 0 Å². The fraction of sp³-hybridized carbons (Fsp3) is 0.200. The number of nitrogens with one attached hydrogen (secondary N) is 1. The zero-order valence-corrected chi connectivity index (χ0v) is 11.8. The van der Waals surface area contributed by atoms with Crippen molar-refractivity contribution in [1.82, 2.24) is 4.72 Å². The summed E-state index contributed by atoms with van der Waals surface area (Å²) in [6.07, 6.45) is -1.82. The number of primary amides is 1. The van der Waals surface area contributed by atoms with Gasteiger partial charge in [0, 0.05) is 11.6 Å². The maximum atomic E-state index is 13.9. The molecule has 1 aromatic rings. The van der Waals surface area contributed by atoms with Gasteiger partial charge in [-0.25, -0.2) is 22.3 Å². The van der Waals surface area contributed by atoms with E-state index in [9.17, 15) is 22.4 Å². The Labute approximate surface area is 123 Å². The number of nitrogens with two attached hydrogens (primary N) is 1. The fourth-order valence-electron chi connectivity index (χ4n) is 1.28. The summed E-state index contributed by atoms with van der Waals surface area (Å²) >= 11 is 5.54. The van der Waals surface area contributed by atoms with Crippen LogP contribution in [-0.4, -0.2) is 43.2 Å². The maximum absolute atomic E-state index is 13.9. The van der Waals surface area contributed by atoms with Crippen LogP contribution in [-0.2, 0) is 14.8 Å². The highest BCUT2D eigenvalue weighted by molar-refractivity contribution is 7.89. The number of carbonyl (C=O) groups excluding carboxylic acids is 1. The molecule has 1 unspecified atom stereocenters. The summed E-state index contributed by atoms with van der Waals surface area (Å²) in [5.74, 6) is -4.41. The number of aliphatic hydroxyl groups excluding tert-OH is 1. The second-order valence-corrected chi connectivity index (χ2v) is 6.01. The Morgan fingerprint density at radius 1 is 1.43 bits per heavy atom. The molecule has 5 N–H and O–H groups in total. The van der Waals surface area contributed by atoms with Crippen LogP contribution >= 0.6 is 11.6 Å². The minimum Gasteiger partial charge on any atom is -0.478 e. The first kappa shape index (κ1) is 17.3. The number of aliphatic hydroxyl groups is 1. The van der Waals surface area contributed by atoms with Crippen molar-refractivity contribution in [2.24, 2.45) is 5.73 Å². The van der Waals surface area contributed by atoms with Crippen LogP contribution in [0, 0.1) is 5.82 Å². The van der Waals surface area contributed by atoms with Gasteiger partial charge in [0.1, 0.15) is 11.0 Å². The molecular formula is C10H10ClFN2O6S. The molecule has 0 heterocycles. The lowest BCUT2D eigenvalue weighted by molar-refractivity contribution is -0.125. The normalized spacial score (nSPS) is 12.9. The summed E-state index contributed by atoms with van der Waals surface area (Å²) in [6.45, 7) is -0.800. The molecule has 0 fully saturated rings. The number of carbonyl (C=O) groups is 2. The summed E-state index contributed by atoms with van der Waals surface area (Å²) in [5.41, 5.74) is 3.79. The molecule has 116 valence electrons. The van der Waals surface area contributed by atoms with Gasteiger partial charge >= 0.3 is 5.97 Å². The molecule has 0 aliphatic carbocycles. The summed E-state index contributed by atoms with van der Waals surface area (Å²) in [5, 5.41) is 17.5. The average Bonchev–Trinajstić information content (AvgIpc) is 2.37. The molecule has 0 aromatic heterocycles. The monoisotopic (exact) mass is 340 g/mol. The Morgan fingerprint density at radius 3 is 2.48 bits per heavy atom. The third kappa shape index (κ3) is 4.11. The van der Waals surface area contributed by atoms with Gasteiger partial charge in [-0.3, -0.25) is 4.79 Å². The average molecular weight is 341 g/mol. The summed E-state index contributed by atoms with van der Waals surface area (Å²) in [6, 6.07) is 1.44. The van der Waals surface area contributed by atoms with Gasteiger partial charge in [-0.1, -0.05) is 11.6 Å². The molecule has 0 spiro atoms. The van der Waals surface area contributed by atoms with Gasteiger partial charge in [-0.15, -0.1) is 0 Å². The number of sulfonamides is 1. The van der Waals surface area contributed by atoms with Crippen molar-refractivity contribution in [3.05, 3.63) is 28.5 Å². The first-order valence-electron chi connectivity index (χ1n) is 5.25. The van der Waals surface area contributed by atoms with Crippen LogP contribution in [0.3, 0.4) is 0 Å². The van der Waals surface area contributed by atoms with Crippen molar-refractivity contribution < 1.29 is 32.6 Å². The lowest BCUT2D eigenvalue weighted by atomic mass is 10.2. The van der Waals surface area contributed by atoms with Gasteiger partial charge in [0.05, 0.1) is 5.56 Å². The number of aromatic carboxylic acids is 1. The molecule has 0 saturated carbocycles. The largest absolute Gasteiger partial charge is 0.478 e. The first-order chi connectivity index (χ1) is 9.56. The highest BCUT2D eigenvalue weighted by atomic mass is 35.5. The Kier molecular flexibility index (Phi) is 5.23. The van der Waals surface area contributed by atoms with Crippen LogP contribution in [0.1, 0.15) is 10.4 Å². The van der Waals surface area contributed by atoms with Crippen molar-refractivity contribution in [3.8, 4) is 0 Å². The van der Waals surface area contributed by atoms with E-state index in [2.05, 4.69) is 0 Å². The fourth-order valence-corrected chi connectivity index (χ4v) is 2.73. The molecule has 0 saturated heterocycles. The number of halogens is 2. The molecule has 1 atom stereocenters. The predicted molar refractivity (Wildman–Crippen MR) is 68.8 cm³/mol. The lowest BCUT2D eigenvalue weighted by Crippen LogP contribution is -2.40. The van der Waals surface area contributed by atoms with Gasteiger partial charge < -0.3 is 15.9 Å². The second-order valence-electron chi connectivity index (χ2n) is 3.84. The van der Waals surface area contributed by atoms with E-state index in [-0.39, 0.29) is 5.02 Å². The van der Waals surface area contributed by atoms with E-state index in [1.807, 2.05) is 0 Å². The van der Waals surface area contributed by atoms with E-state index < -0.39 is 50.8 Å². The Bertz CT molecular complexity index is 693. The quantitative estimate of drug-likeness (QED) is 0.538. The molecule has 0 aliphatic heterocycles. The van der Waals surface area contributed by atoms with Gasteiger partial charge in [-0.05, 0) is 12.1 Å². The number of rotatable bonds is 6. The van der Waals surface area contributed by atoms with E-state index >= 15 is 0 Å². The van der Waals surface area contributed by atoms with E-state index in [0.717, 1.165) is 6.07 Å². The molecule has 11 heteroatoms. The molecule has 21 heavy (non-hydrogen) atoms. The molecule has 0 aliphatic rings. The minimum absolute atomic E-state index is 0.315. The third-order valence-corrected chi connectivity index (χ3v) is 3.96. The summed E-state index contributed by atoms with van der Waals surface area (Å²) in [4.78, 5) is 20.4. The van der Waals surface area contributed by atoms with Crippen LogP contribution in [0.15, 0.2) is 17.0 Å². The standard InChI is InChI=1S/C10H10ClFN2O6S/c11-4-1-5(10(17)18)8(12)7(2-4)21(19,20)14-3-6(15)9(13)16/h1-2,6,14-15H,3H2,(H2,13,16)(H,17,18). The minimum atomic E-state index is -4.54. The van der Waals surface area contributed by atoms with Crippen LogP contribution < -0.4 is 10.5 Å². The maximum Gasteiger partial charge on any atom is 0.338 e. The Balaban J connectivity index is 3.20. The van der Waals surface area contributed by atoms with Crippen molar-refractivity contribution in [3.63, 3.8) is 0 Å². The Hall–Kier alpha value is -1.75. The van der Waals surface area contributed by atoms with Crippen molar-refractivity contribution in [1.29, 1.82) is 0 Å². The SMILES string of the molecule is NC(=O)C(O)CNS(=O)(=O)c1cc(Cl)cc(C(=O)O)c1F. The van der Waals surface area contributed by atoms with Crippen LogP contribution in [0.2, 0.25) is 5.02 Å². The number of amides is 1. The third-order valence-electron chi connectivity index (χ3n) is 2.32. The number of hydrogen-bond acceptors (Lipinski definition) is 5. The van der Waals surface area contributed by atoms with Crippen LogP contribution in [0.25, 0.3) is 0 Å². The molecule has 1 amide bonds. The molecule has 1 aromatic carbocycles. The molecule has 0 bridgehead atoms. The smallest absolute Gasteiger partial charge is 0.338 e. The van der Waals surface area contributed by atoms with Gasteiger partial charge in [-0.2, -0.15) is 0 Å². The van der Waals surface area contributed by atoms with Crippen LogP contribution in [0.4, 0.5) is 4.39 Å². The topological polar surface area (TPSA) is 147 Å². The van der Waals surface area contributed by atoms with Crippen molar-refractivity contribution in [2.75, 3.05) is 6.54 Å². The molecule has 0 radical (unpaired) electrons. The van der Waals surface area contributed by atoms with E-state index in [1.54, 1.807) is 4.72 Å². The summed E-state index contributed by atoms with van der Waals surface area (Å²) in [7, 11) is -4.54. The van der Waals surface area contributed by atoms with Gasteiger partial charge in [0.2, 0.25) is 15.9 Å². The highest BCUT2D eigenvalue weighted by Crippen LogP contribution is 2.23. The summed E-state index contributed by atoms with van der Waals surface area (Å²) < 4.78 is 39.3. The number of carboxylic acids is 1. The van der Waals surface area contributed by atoms with Gasteiger partial charge in [0.15, 0.2) is 5.82 Å². The predicted octanol–water partition coefficient (Wildman–Crippen LogP) is -0.698. The van der Waals surface area contributed by atoms with Crippen LogP contribution in [0.5, 0.6) is 0 Å². The number of benzene rings is 1. The first-order valence-corrected chi connectivity index (χ1v) is 7.11. The van der Waals surface area contributed by atoms with E-state index in [0.29, 0.717) is 6.07 Å². The molecule has 1 rings (SSSR count). The molecular weight excluding hydrogens is 331 g/mol. The zero-order chi connectivity index (χ0) is 16.4. The second kappa shape index (κ2) is 6.35. The van der Waals surface area contributed by atoms with E-state index in [4.69, 9.17) is 27.5 Å². The van der Waals surface area contributed by atoms with Crippen molar-refractivity contribution in [2.45, 2.75) is 11.0 Å². The van der Waals surface area contributed by atoms with Crippen molar-refractivity contribution >= 4 is 33.5 Å². The zero-order valence-electron chi connectivity index (χ0n) is 10.2. The lowest BCUT2D eigenvalue weighted by Gasteiger charge is -2.11. The highest BCUT2D eigenvalue weighted by Gasteiger charge is 2.26. The number of carboxylic acid groups (broad SMARTS) is 1. The molecule has 8 nitrogen and oxygen atoms in total. The number of hydrogen-bond donors (Lipinski definition) is 4. The van der Waals surface area contributed by atoms with E-state index in [1.165, 1.54) is 0 Å². The Morgan fingerprint density at radius 2 is 2.00 bits per heavy atom.